The molecule has 26 heavy (non-hydrogen) atoms. The van der Waals surface area contributed by atoms with Crippen molar-refractivity contribution in [1.82, 2.24) is 0 Å². The highest BCUT2D eigenvalue weighted by molar-refractivity contribution is 6.31. The molecule has 1 unspecified atom stereocenters. The van der Waals surface area contributed by atoms with Gasteiger partial charge in [0.2, 0.25) is 0 Å². The number of anilines is 1. The van der Waals surface area contributed by atoms with E-state index in [9.17, 15) is 9.59 Å². The molecule has 0 aliphatic carbocycles. The van der Waals surface area contributed by atoms with Gasteiger partial charge >= 0.3 is 0 Å². The number of carbonyl (C=O) groups is 2. The quantitative estimate of drug-likeness (QED) is 0.344. The van der Waals surface area contributed by atoms with E-state index in [1.54, 1.807) is 36.4 Å². The van der Waals surface area contributed by atoms with Crippen molar-refractivity contribution in [3.05, 3.63) is 84.0 Å². The summed E-state index contributed by atoms with van der Waals surface area (Å²) < 4.78 is 5.75. The van der Waals surface area contributed by atoms with Gasteiger partial charge in [0, 0.05) is 0 Å². The molecule has 132 valence electrons. The lowest BCUT2D eigenvalue weighted by Gasteiger charge is -2.14. The number of rotatable bonds is 6. The SMILES string of the molecule is C=CCCOC1C(=O)N(c2ccccc2)C(=O)/C1=C/c1ccccc1C. The van der Waals surface area contributed by atoms with Crippen molar-refractivity contribution in [3.63, 3.8) is 0 Å². The zero-order valence-corrected chi connectivity index (χ0v) is 14.7. The molecule has 1 aliphatic rings. The van der Waals surface area contributed by atoms with E-state index in [-0.39, 0.29) is 11.8 Å². The highest BCUT2D eigenvalue weighted by Crippen LogP contribution is 2.30. The molecule has 1 fully saturated rings. The van der Waals surface area contributed by atoms with Gasteiger partial charge in [-0.2, -0.15) is 0 Å². The standard InChI is InChI=1S/C22H21NO3/c1-3-4-14-26-20-19(15-17-11-9-8-10-16(17)2)21(24)23(22(20)25)18-12-6-5-7-13-18/h3,5-13,15,20H,1,4,14H2,2H3/b19-15+. The molecule has 1 saturated heterocycles. The Balaban J connectivity index is 2.01. The Morgan fingerprint density at radius 1 is 1.08 bits per heavy atom. The van der Waals surface area contributed by atoms with Gasteiger partial charge in [-0.05, 0) is 42.7 Å². The largest absolute Gasteiger partial charge is 0.363 e. The number of benzene rings is 2. The number of carbonyl (C=O) groups excluding carboxylic acids is 2. The van der Waals surface area contributed by atoms with Crippen molar-refractivity contribution in [2.75, 3.05) is 11.5 Å². The van der Waals surface area contributed by atoms with Crippen LogP contribution in [0.3, 0.4) is 0 Å². The molecule has 4 heteroatoms. The van der Waals surface area contributed by atoms with Crippen LogP contribution < -0.4 is 4.90 Å². The molecule has 3 rings (SSSR count). The first-order chi connectivity index (χ1) is 12.6. The summed E-state index contributed by atoms with van der Waals surface area (Å²) in [6.45, 7) is 5.97. The topological polar surface area (TPSA) is 46.6 Å². The van der Waals surface area contributed by atoms with Crippen LogP contribution in [0.4, 0.5) is 5.69 Å². The summed E-state index contributed by atoms with van der Waals surface area (Å²) in [5.74, 6) is -0.696. The van der Waals surface area contributed by atoms with Crippen molar-refractivity contribution in [2.24, 2.45) is 0 Å². The Morgan fingerprint density at radius 3 is 2.46 bits per heavy atom. The summed E-state index contributed by atoms with van der Waals surface area (Å²) >= 11 is 0. The molecule has 0 spiro atoms. The van der Waals surface area contributed by atoms with Crippen LogP contribution in [0.25, 0.3) is 6.08 Å². The van der Waals surface area contributed by atoms with Crippen LogP contribution in [-0.4, -0.2) is 24.5 Å². The van der Waals surface area contributed by atoms with Crippen molar-refractivity contribution in [2.45, 2.75) is 19.4 Å². The number of hydrogen-bond acceptors (Lipinski definition) is 3. The fourth-order valence-electron chi connectivity index (χ4n) is 2.90. The number of ether oxygens (including phenoxy) is 1. The van der Waals surface area contributed by atoms with Gasteiger partial charge in [-0.15, -0.1) is 6.58 Å². The zero-order valence-electron chi connectivity index (χ0n) is 14.7. The number of nitrogens with zero attached hydrogens (tertiary/aromatic N) is 1. The minimum absolute atomic E-state index is 0.334. The van der Waals surface area contributed by atoms with Crippen LogP contribution in [0.2, 0.25) is 0 Å². The normalized spacial score (nSPS) is 18.6. The first-order valence-electron chi connectivity index (χ1n) is 8.56. The summed E-state index contributed by atoms with van der Waals surface area (Å²) in [7, 11) is 0. The van der Waals surface area contributed by atoms with E-state index in [2.05, 4.69) is 6.58 Å². The van der Waals surface area contributed by atoms with Crippen molar-refractivity contribution in [3.8, 4) is 0 Å². The monoisotopic (exact) mass is 347 g/mol. The predicted octanol–water partition coefficient (Wildman–Crippen LogP) is 3.91. The molecule has 0 radical (unpaired) electrons. The van der Waals surface area contributed by atoms with Crippen molar-refractivity contribution in [1.29, 1.82) is 0 Å². The molecule has 1 heterocycles. The molecular weight excluding hydrogens is 326 g/mol. The Hall–Kier alpha value is -2.98. The molecule has 2 aromatic rings. The van der Waals surface area contributed by atoms with Crippen LogP contribution in [-0.2, 0) is 14.3 Å². The highest BCUT2D eigenvalue weighted by Gasteiger charge is 2.44. The Labute approximate surface area is 153 Å². The second-order valence-electron chi connectivity index (χ2n) is 6.10. The van der Waals surface area contributed by atoms with Gasteiger partial charge in [-0.3, -0.25) is 9.59 Å². The summed E-state index contributed by atoms with van der Waals surface area (Å²) in [6, 6.07) is 16.7. The molecule has 2 amide bonds. The minimum Gasteiger partial charge on any atom is -0.363 e. The molecule has 0 N–H and O–H groups in total. The van der Waals surface area contributed by atoms with E-state index >= 15 is 0 Å². The molecule has 1 atom stereocenters. The first-order valence-corrected chi connectivity index (χ1v) is 8.56. The van der Waals surface area contributed by atoms with Gasteiger partial charge in [-0.25, -0.2) is 4.90 Å². The molecule has 4 nitrogen and oxygen atoms in total. The second-order valence-corrected chi connectivity index (χ2v) is 6.10. The van der Waals surface area contributed by atoms with Crippen LogP contribution in [0.15, 0.2) is 72.8 Å². The maximum Gasteiger partial charge on any atom is 0.267 e. The third-order valence-electron chi connectivity index (χ3n) is 4.30. The molecule has 0 saturated carbocycles. The Bertz CT molecular complexity index is 855. The number of para-hydroxylation sites is 1. The lowest BCUT2D eigenvalue weighted by atomic mass is 10.0. The van der Waals surface area contributed by atoms with Gasteiger partial charge in [0.05, 0.1) is 17.9 Å². The summed E-state index contributed by atoms with van der Waals surface area (Å²) in [5.41, 5.74) is 2.84. The smallest absolute Gasteiger partial charge is 0.267 e. The number of amides is 2. The minimum atomic E-state index is -0.901. The number of imide groups is 1. The lowest BCUT2D eigenvalue weighted by molar-refractivity contribution is -0.126. The lowest BCUT2D eigenvalue weighted by Crippen LogP contribution is -2.32. The van der Waals surface area contributed by atoms with Crippen molar-refractivity contribution < 1.29 is 14.3 Å². The maximum absolute atomic E-state index is 13.0. The molecule has 2 aromatic carbocycles. The summed E-state index contributed by atoms with van der Waals surface area (Å²) in [5, 5.41) is 0. The van der Waals surface area contributed by atoms with E-state index in [1.165, 1.54) is 4.90 Å². The van der Waals surface area contributed by atoms with Crippen LogP contribution in [0, 0.1) is 6.92 Å². The fraction of sp³-hybridized carbons (Fsp3) is 0.182. The third kappa shape index (κ3) is 3.51. The summed E-state index contributed by atoms with van der Waals surface area (Å²) in [6.07, 6.45) is 3.20. The van der Waals surface area contributed by atoms with E-state index < -0.39 is 6.10 Å². The number of aryl methyl sites for hydroxylation is 1. The van der Waals surface area contributed by atoms with E-state index in [4.69, 9.17) is 4.74 Å². The van der Waals surface area contributed by atoms with Crippen LogP contribution in [0.5, 0.6) is 0 Å². The van der Waals surface area contributed by atoms with Crippen molar-refractivity contribution >= 4 is 23.6 Å². The van der Waals surface area contributed by atoms with Gasteiger partial charge in [0.1, 0.15) is 0 Å². The Kier molecular flexibility index (Phi) is 5.44. The van der Waals surface area contributed by atoms with Gasteiger partial charge in [0.15, 0.2) is 6.10 Å². The number of hydrogen-bond donors (Lipinski definition) is 0. The van der Waals surface area contributed by atoms with Gasteiger partial charge in [0.25, 0.3) is 11.8 Å². The Morgan fingerprint density at radius 2 is 1.77 bits per heavy atom. The molecular formula is C22H21NO3. The second kappa shape index (κ2) is 7.93. The first kappa shape index (κ1) is 17.8. The van der Waals surface area contributed by atoms with Gasteiger partial charge < -0.3 is 4.74 Å². The third-order valence-corrected chi connectivity index (χ3v) is 4.30. The summed E-state index contributed by atoms with van der Waals surface area (Å²) in [4.78, 5) is 27.1. The highest BCUT2D eigenvalue weighted by atomic mass is 16.5. The zero-order chi connectivity index (χ0) is 18.5. The average molecular weight is 347 g/mol. The van der Waals surface area contributed by atoms with E-state index in [0.717, 1.165) is 11.1 Å². The molecule has 0 bridgehead atoms. The predicted molar refractivity (Wildman–Crippen MR) is 103 cm³/mol. The maximum atomic E-state index is 13.0. The van der Waals surface area contributed by atoms with Crippen LogP contribution >= 0.6 is 0 Å². The van der Waals surface area contributed by atoms with Crippen LogP contribution in [0.1, 0.15) is 17.5 Å². The molecule has 0 aromatic heterocycles. The van der Waals surface area contributed by atoms with E-state index in [1.807, 2.05) is 37.3 Å². The molecule has 1 aliphatic heterocycles. The van der Waals surface area contributed by atoms with E-state index in [0.29, 0.717) is 24.3 Å². The fourth-order valence-corrected chi connectivity index (χ4v) is 2.90. The van der Waals surface area contributed by atoms with Gasteiger partial charge in [-0.1, -0.05) is 48.5 Å². The average Bonchev–Trinajstić information content (AvgIpc) is 2.88.